The number of rotatable bonds is 8. The Morgan fingerprint density at radius 3 is 2.00 bits per heavy atom. The van der Waals surface area contributed by atoms with Crippen LogP contribution in [0.2, 0.25) is 0 Å². The van der Waals surface area contributed by atoms with Crippen molar-refractivity contribution in [2.45, 2.75) is 64.1 Å². The fourth-order valence-corrected chi connectivity index (χ4v) is 1.85. The summed E-state index contributed by atoms with van der Waals surface area (Å²) in [7, 11) is 1.21. The zero-order valence-electron chi connectivity index (χ0n) is 14.7. The summed E-state index contributed by atoms with van der Waals surface area (Å²) in [6.07, 6.45) is -0.997. The van der Waals surface area contributed by atoms with E-state index >= 15 is 0 Å². The number of esters is 1. The summed E-state index contributed by atoms with van der Waals surface area (Å²) in [4.78, 5) is 47.0. The molecule has 0 radical (unpaired) electrons. The summed E-state index contributed by atoms with van der Waals surface area (Å²) < 4.78 is 5.09. The van der Waals surface area contributed by atoms with Crippen LogP contribution in [0.15, 0.2) is 0 Å². The number of aliphatic carboxylic acids is 2. The molecule has 0 saturated heterocycles. The van der Waals surface area contributed by atoms with Crippen molar-refractivity contribution in [1.29, 1.82) is 0 Å². The second-order valence-electron chi connectivity index (χ2n) is 6.78. The Labute approximate surface area is 140 Å². The zero-order valence-corrected chi connectivity index (χ0v) is 14.7. The van der Waals surface area contributed by atoms with E-state index < -0.39 is 47.4 Å². The number of carboxylic acids is 2. The monoisotopic (exact) mass is 346 g/mol. The summed E-state index contributed by atoms with van der Waals surface area (Å²) in [6, 6.07) is -1.03. The van der Waals surface area contributed by atoms with Crippen molar-refractivity contribution < 1.29 is 34.1 Å². The number of nitrogens with two attached hydrogens (primary N) is 1. The molecule has 0 aliphatic rings. The Kier molecular flexibility index (Phi) is 7.36. The lowest BCUT2D eigenvalue weighted by atomic mass is 9.95. The van der Waals surface area contributed by atoms with E-state index in [1.165, 1.54) is 7.05 Å². The van der Waals surface area contributed by atoms with Crippen molar-refractivity contribution in [3.05, 3.63) is 0 Å². The molecule has 0 aliphatic carbocycles. The van der Waals surface area contributed by atoms with Crippen LogP contribution in [-0.2, 0) is 23.9 Å². The van der Waals surface area contributed by atoms with Crippen molar-refractivity contribution >= 4 is 23.8 Å². The van der Waals surface area contributed by atoms with E-state index in [4.69, 9.17) is 15.6 Å². The first-order valence-corrected chi connectivity index (χ1v) is 7.41. The van der Waals surface area contributed by atoms with Gasteiger partial charge in [0, 0.05) is 13.5 Å². The van der Waals surface area contributed by atoms with E-state index in [1.54, 1.807) is 20.8 Å². The van der Waals surface area contributed by atoms with Gasteiger partial charge in [-0.15, -0.1) is 0 Å². The fourth-order valence-electron chi connectivity index (χ4n) is 1.85. The van der Waals surface area contributed by atoms with Crippen molar-refractivity contribution in [3.8, 4) is 0 Å². The first-order chi connectivity index (χ1) is 10.7. The van der Waals surface area contributed by atoms with Gasteiger partial charge >= 0.3 is 17.9 Å². The van der Waals surface area contributed by atoms with Gasteiger partial charge in [-0.3, -0.25) is 14.4 Å². The smallest absolute Gasteiger partial charge is 0.329 e. The van der Waals surface area contributed by atoms with E-state index in [-0.39, 0.29) is 12.8 Å². The quantitative estimate of drug-likeness (QED) is 0.528. The van der Waals surface area contributed by atoms with Crippen LogP contribution >= 0.6 is 0 Å². The molecule has 0 aromatic carbocycles. The zero-order chi connectivity index (χ0) is 19.3. The minimum absolute atomic E-state index is 0.0408. The van der Waals surface area contributed by atoms with Gasteiger partial charge in [-0.25, -0.2) is 4.79 Å². The minimum atomic E-state index is -1.89. The van der Waals surface area contributed by atoms with Crippen LogP contribution in [-0.4, -0.2) is 63.2 Å². The number of hydrogen-bond acceptors (Lipinski definition) is 6. The predicted molar refractivity (Wildman–Crippen MR) is 84.1 cm³/mol. The average Bonchev–Trinajstić information content (AvgIpc) is 2.40. The van der Waals surface area contributed by atoms with Gasteiger partial charge in [-0.05, 0) is 34.1 Å². The summed E-state index contributed by atoms with van der Waals surface area (Å²) in [5.41, 5.74) is 3.07. The van der Waals surface area contributed by atoms with E-state index in [0.29, 0.717) is 0 Å². The van der Waals surface area contributed by atoms with E-state index in [1.807, 2.05) is 0 Å². The normalized spacial score (nSPS) is 15.1. The van der Waals surface area contributed by atoms with E-state index in [0.717, 1.165) is 11.8 Å². The van der Waals surface area contributed by atoms with Crippen molar-refractivity contribution in [3.63, 3.8) is 0 Å². The third-order valence-electron chi connectivity index (χ3n) is 3.45. The van der Waals surface area contributed by atoms with Gasteiger partial charge in [0.1, 0.15) is 17.2 Å². The van der Waals surface area contributed by atoms with Crippen molar-refractivity contribution in [1.82, 2.24) is 4.90 Å². The highest BCUT2D eigenvalue weighted by atomic mass is 16.6. The van der Waals surface area contributed by atoms with Crippen LogP contribution in [0.3, 0.4) is 0 Å². The van der Waals surface area contributed by atoms with E-state index in [2.05, 4.69) is 0 Å². The molecule has 0 aromatic rings. The third-order valence-corrected chi connectivity index (χ3v) is 3.45. The molecule has 4 N–H and O–H groups in total. The largest absolute Gasteiger partial charge is 0.481 e. The molecule has 0 spiro atoms. The van der Waals surface area contributed by atoms with Crippen LogP contribution < -0.4 is 5.73 Å². The number of amides is 1. The van der Waals surface area contributed by atoms with Gasteiger partial charge in [0.25, 0.3) is 0 Å². The maximum Gasteiger partial charge on any atom is 0.329 e. The first kappa shape index (κ1) is 21.8. The molecule has 0 heterocycles. The molecule has 0 aliphatic heterocycles. The van der Waals surface area contributed by atoms with Gasteiger partial charge in [-0.2, -0.15) is 0 Å². The molecule has 0 fully saturated rings. The number of carbonyl (C=O) groups excluding carboxylic acids is 2. The Hall–Kier alpha value is -2.16. The summed E-state index contributed by atoms with van der Waals surface area (Å²) >= 11 is 0. The van der Waals surface area contributed by atoms with Crippen molar-refractivity contribution in [2.24, 2.45) is 5.73 Å². The maximum absolute atomic E-state index is 12.1. The topological polar surface area (TPSA) is 147 Å². The van der Waals surface area contributed by atoms with Gasteiger partial charge < -0.3 is 25.6 Å². The molecule has 0 aromatic heterocycles. The molecule has 9 heteroatoms. The highest BCUT2D eigenvalue weighted by molar-refractivity contribution is 5.90. The molecule has 0 bridgehead atoms. The Bertz CT molecular complexity index is 512. The summed E-state index contributed by atoms with van der Waals surface area (Å²) in [5.74, 6) is -4.06. The third kappa shape index (κ3) is 6.53. The average molecular weight is 346 g/mol. The van der Waals surface area contributed by atoms with Crippen LogP contribution in [0.25, 0.3) is 0 Å². The molecule has 24 heavy (non-hydrogen) atoms. The lowest BCUT2D eigenvalue weighted by Crippen LogP contribution is -2.54. The molecule has 0 rings (SSSR count). The molecule has 2 atom stereocenters. The minimum Gasteiger partial charge on any atom is -0.481 e. The maximum atomic E-state index is 12.1. The SMILES string of the molecule is CN(C(=O)CCC(N)C(=O)OC(C)(C)C)[C@](C)(CC(=O)O)C(=O)O. The number of likely N-dealkylation sites (N-methyl/N-ethyl adjacent to an activating group) is 1. The van der Waals surface area contributed by atoms with Gasteiger partial charge in [0.2, 0.25) is 5.91 Å². The molecule has 0 saturated carbocycles. The first-order valence-electron chi connectivity index (χ1n) is 7.41. The number of carboxylic acid groups (broad SMARTS) is 2. The summed E-state index contributed by atoms with van der Waals surface area (Å²) in [5, 5.41) is 18.1. The van der Waals surface area contributed by atoms with Gasteiger partial charge in [0.15, 0.2) is 0 Å². The van der Waals surface area contributed by atoms with Gasteiger partial charge in [0.05, 0.1) is 6.42 Å². The number of hydrogen-bond donors (Lipinski definition) is 3. The van der Waals surface area contributed by atoms with Crippen LogP contribution in [0.4, 0.5) is 0 Å². The molecular formula is C15H26N2O7. The molecule has 9 nitrogen and oxygen atoms in total. The summed E-state index contributed by atoms with van der Waals surface area (Å²) in [6.45, 7) is 6.19. The number of carbonyl (C=O) groups is 4. The van der Waals surface area contributed by atoms with Gasteiger partial charge in [-0.1, -0.05) is 0 Å². The predicted octanol–water partition coefficient (Wildman–Crippen LogP) is 0.212. The molecule has 138 valence electrons. The standard InChI is InChI=1S/C15H26N2O7/c1-14(2,3)24-12(21)9(16)6-7-10(18)17(5)15(4,13(22)23)8-11(19)20/h9H,6-8,16H2,1-5H3,(H,19,20)(H,22,23)/t9?,15-/m1/s1. The Morgan fingerprint density at radius 2 is 1.62 bits per heavy atom. The number of ether oxygens (including phenoxy) is 1. The second kappa shape index (κ2) is 8.09. The van der Waals surface area contributed by atoms with Crippen LogP contribution in [0, 0.1) is 0 Å². The Morgan fingerprint density at radius 1 is 1.12 bits per heavy atom. The molecular weight excluding hydrogens is 320 g/mol. The second-order valence-corrected chi connectivity index (χ2v) is 6.78. The van der Waals surface area contributed by atoms with Crippen molar-refractivity contribution in [2.75, 3.05) is 7.05 Å². The van der Waals surface area contributed by atoms with Crippen LogP contribution in [0.1, 0.15) is 47.0 Å². The fraction of sp³-hybridized carbons (Fsp3) is 0.733. The van der Waals surface area contributed by atoms with Crippen LogP contribution in [0.5, 0.6) is 0 Å². The molecule has 1 amide bonds. The molecule has 1 unspecified atom stereocenters. The highest BCUT2D eigenvalue weighted by Crippen LogP contribution is 2.20. The Balaban J connectivity index is 4.83. The number of nitrogens with zero attached hydrogens (tertiary/aromatic N) is 1. The lowest BCUT2D eigenvalue weighted by Gasteiger charge is -2.34. The lowest BCUT2D eigenvalue weighted by molar-refractivity contribution is -0.161. The van der Waals surface area contributed by atoms with E-state index in [9.17, 15) is 24.3 Å². The highest BCUT2D eigenvalue weighted by Gasteiger charge is 2.42.